The molecule has 0 atom stereocenters. The molecule has 0 aromatic carbocycles. The molecule has 1 aromatic rings. The summed E-state index contributed by atoms with van der Waals surface area (Å²) in [6, 6.07) is 5.71. The Morgan fingerprint density at radius 2 is 2.42 bits per heavy atom. The van der Waals surface area contributed by atoms with Crippen LogP contribution in [0.5, 0.6) is 5.06 Å². The van der Waals surface area contributed by atoms with Gasteiger partial charge in [0.15, 0.2) is 5.06 Å². The highest BCUT2D eigenvalue weighted by Crippen LogP contribution is 2.25. The molecule has 2 rings (SSSR count). The summed E-state index contributed by atoms with van der Waals surface area (Å²) in [6.07, 6.45) is 0.301. The van der Waals surface area contributed by atoms with E-state index in [1.807, 2.05) is 6.07 Å². The van der Waals surface area contributed by atoms with Crippen molar-refractivity contribution < 1.29 is 4.74 Å². The van der Waals surface area contributed by atoms with Crippen LogP contribution in [0.15, 0.2) is 12.1 Å². The lowest BCUT2D eigenvalue weighted by Gasteiger charge is -2.26. The fraction of sp³-hybridized carbons (Fsp3) is 0.375. The van der Waals surface area contributed by atoms with Gasteiger partial charge in [0.05, 0.1) is 0 Å². The molecule has 0 spiro atoms. The van der Waals surface area contributed by atoms with E-state index < -0.39 is 0 Å². The Kier molecular flexibility index (Phi) is 1.98. The number of ether oxygens (including phenoxy) is 1. The predicted molar refractivity (Wildman–Crippen MR) is 46.3 cm³/mol. The number of hydrogen-bond acceptors (Lipinski definition) is 4. The van der Waals surface area contributed by atoms with Gasteiger partial charge >= 0.3 is 0 Å². The minimum absolute atomic E-state index is 0.301. The second-order valence-electron chi connectivity index (χ2n) is 2.63. The zero-order valence-corrected chi connectivity index (χ0v) is 7.23. The molecule has 1 aliphatic rings. The van der Waals surface area contributed by atoms with E-state index in [0.717, 1.165) is 18.2 Å². The fourth-order valence-electron chi connectivity index (χ4n) is 0.953. The summed E-state index contributed by atoms with van der Waals surface area (Å²) in [7, 11) is 0. The zero-order valence-electron chi connectivity index (χ0n) is 6.41. The van der Waals surface area contributed by atoms with Crippen molar-refractivity contribution in [1.82, 2.24) is 5.32 Å². The summed E-state index contributed by atoms with van der Waals surface area (Å²) in [5.74, 6) is 0. The van der Waals surface area contributed by atoms with Gasteiger partial charge in [0, 0.05) is 13.1 Å². The Morgan fingerprint density at radius 1 is 1.58 bits per heavy atom. The molecule has 0 radical (unpaired) electrons. The lowest BCUT2D eigenvalue weighted by atomic mass is 10.2. The van der Waals surface area contributed by atoms with E-state index in [9.17, 15) is 0 Å². The third-order valence-corrected chi connectivity index (χ3v) is 2.60. The summed E-state index contributed by atoms with van der Waals surface area (Å²) >= 11 is 1.40. The third kappa shape index (κ3) is 1.42. The first-order valence-corrected chi connectivity index (χ1v) is 4.57. The van der Waals surface area contributed by atoms with Crippen LogP contribution in [0.4, 0.5) is 0 Å². The highest BCUT2D eigenvalue weighted by molar-refractivity contribution is 7.14. The monoisotopic (exact) mass is 180 g/mol. The number of rotatable bonds is 2. The van der Waals surface area contributed by atoms with E-state index in [1.165, 1.54) is 11.3 Å². The van der Waals surface area contributed by atoms with Crippen LogP contribution < -0.4 is 10.1 Å². The minimum Gasteiger partial charge on any atom is -0.478 e. The van der Waals surface area contributed by atoms with E-state index in [-0.39, 0.29) is 0 Å². The van der Waals surface area contributed by atoms with Crippen molar-refractivity contribution in [3.63, 3.8) is 0 Å². The summed E-state index contributed by atoms with van der Waals surface area (Å²) in [6.45, 7) is 1.83. The van der Waals surface area contributed by atoms with E-state index >= 15 is 0 Å². The molecule has 1 fully saturated rings. The quantitative estimate of drug-likeness (QED) is 0.737. The average molecular weight is 180 g/mol. The fourth-order valence-corrected chi connectivity index (χ4v) is 1.67. The Morgan fingerprint density at radius 3 is 2.92 bits per heavy atom. The maximum atomic E-state index is 8.55. The van der Waals surface area contributed by atoms with Crippen LogP contribution in [0.25, 0.3) is 0 Å². The normalized spacial score (nSPS) is 16.6. The molecule has 12 heavy (non-hydrogen) atoms. The van der Waals surface area contributed by atoms with Crippen LogP contribution in [0.2, 0.25) is 0 Å². The number of nitrogens with one attached hydrogen (secondary N) is 1. The molecule has 1 aromatic heterocycles. The lowest BCUT2D eigenvalue weighted by molar-refractivity contribution is 0.147. The molecule has 62 valence electrons. The summed E-state index contributed by atoms with van der Waals surface area (Å²) < 4.78 is 5.54. The van der Waals surface area contributed by atoms with Gasteiger partial charge < -0.3 is 10.1 Å². The predicted octanol–water partition coefficient (Wildman–Crippen LogP) is 0.970. The molecule has 0 bridgehead atoms. The molecule has 0 amide bonds. The number of hydrogen-bond donors (Lipinski definition) is 1. The molecule has 1 saturated heterocycles. The van der Waals surface area contributed by atoms with E-state index in [2.05, 4.69) is 11.4 Å². The van der Waals surface area contributed by atoms with Crippen LogP contribution in [-0.4, -0.2) is 19.2 Å². The highest BCUT2D eigenvalue weighted by Gasteiger charge is 2.18. The number of nitriles is 1. The molecule has 1 N–H and O–H groups in total. The van der Waals surface area contributed by atoms with E-state index in [0.29, 0.717) is 11.0 Å². The molecule has 2 heterocycles. The second kappa shape index (κ2) is 3.13. The molecule has 3 nitrogen and oxygen atoms in total. The largest absolute Gasteiger partial charge is 0.478 e. The van der Waals surface area contributed by atoms with Gasteiger partial charge in [0.25, 0.3) is 0 Å². The van der Waals surface area contributed by atoms with Gasteiger partial charge in [-0.25, -0.2) is 0 Å². The molecule has 0 saturated carbocycles. The standard InChI is InChI=1S/C8H8N2OS/c9-3-7-1-2-8(12-7)11-6-4-10-5-6/h1-2,6,10H,4-5H2. The summed E-state index contributed by atoms with van der Waals surface area (Å²) in [5, 5.41) is 12.5. The van der Waals surface area contributed by atoms with Crippen LogP contribution in [0.1, 0.15) is 4.88 Å². The first kappa shape index (κ1) is 7.59. The van der Waals surface area contributed by atoms with Gasteiger partial charge in [-0.05, 0) is 12.1 Å². The van der Waals surface area contributed by atoms with Gasteiger partial charge in [-0.15, -0.1) is 0 Å². The average Bonchev–Trinajstić information content (AvgIpc) is 2.44. The van der Waals surface area contributed by atoms with Crippen molar-refractivity contribution in [2.24, 2.45) is 0 Å². The first-order valence-electron chi connectivity index (χ1n) is 3.76. The van der Waals surface area contributed by atoms with Crippen molar-refractivity contribution in [1.29, 1.82) is 5.26 Å². The first-order chi connectivity index (χ1) is 5.88. The van der Waals surface area contributed by atoms with Crippen molar-refractivity contribution in [3.8, 4) is 11.1 Å². The maximum Gasteiger partial charge on any atom is 0.175 e. The SMILES string of the molecule is N#Cc1ccc(OC2CNC2)s1. The van der Waals surface area contributed by atoms with Crippen molar-refractivity contribution in [2.75, 3.05) is 13.1 Å². The Bertz CT molecular complexity index is 311. The van der Waals surface area contributed by atoms with Gasteiger partial charge in [-0.2, -0.15) is 5.26 Å². The Hall–Kier alpha value is -1.05. The Labute approximate surface area is 74.6 Å². The minimum atomic E-state index is 0.301. The number of thiophene rings is 1. The van der Waals surface area contributed by atoms with Crippen LogP contribution in [-0.2, 0) is 0 Å². The molecule has 0 aliphatic carbocycles. The second-order valence-corrected chi connectivity index (χ2v) is 3.67. The maximum absolute atomic E-state index is 8.55. The van der Waals surface area contributed by atoms with Crippen LogP contribution in [0.3, 0.4) is 0 Å². The lowest BCUT2D eigenvalue weighted by Crippen LogP contribution is -2.50. The number of nitrogens with zero attached hydrogens (tertiary/aromatic N) is 1. The van der Waals surface area contributed by atoms with E-state index in [1.54, 1.807) is 6.07 Å². The topological polar surface area (TPSA) is 45.0 Å². The molecule has 0 unspecified atom stereocenters. The molecule has 1 aliphatic heterocycles. The summed E-state index contributed by atoms with van der Waals surface area (Å²) in [4.78, 5) is 0.706. The van der Waals surface area contributed by atoms with Gasteiger partial charge in [-0.3, -0.25) is 0 Å². The van der Waals surface area contributed by atoms with Crippen molar-refractivity contribution >= 4 is 11.3 Å². The smallest absolute Gasteiger partial charge is 0.175 e. The highest BCUT2D eigenvalue weighted by atomic mass is 32.1. The zero-order chi connectivity index (χ0) is 8.39. The molecular formula is C8H8N2OS. The van der Waals surface area contributed by atoms with Gasteiger partial charge in [-0.1, -0.05) is 11.3 Å². The van der Waals surface area contributed by atoms with Gasteiger partial charge in [0.2, 0.25) is 0 Å². The molecule has 4 heteroatoms. The molecular weight excluding hydrogens is 172 g/mol. The van der Waals surface area contributed by atoms with Crippen LogP contribution in [0, 0.1) is 11.3 Å². The van der Waals surface area contributed by atoms with Gasteiger partial charge in [0.1, 0.15) is 17.1 Å². The third-order valence-electron chi connectivity index (χ3n) is 1.72. The van der Waals surface area contributed by atoms with Crippen molar-refractivity contribution in [2.45, 2.75) is 6.10 Å². The van der Waals surface area contributed by atoms with Crippen LogP contribution >= 0.6 is 11.3 Å². The van der Waals surface area contributed by atoms with Crippen molar-refractivity contribution in [3.05, 3.63) is 17.0 Å². The summed E-state index contributed by atoms with van der Waals surface area (Å²) in [5.41, 5.74) is 0. The van der Waals surface area contributed by atoms with E-state index in [4.69, 9.17) is 10.00 Å². The Balaban J connectivity index is 1.99.